The van der Waals surface area contributed by atoms with E-state index in [9.17, 15) is 25.0 Å². The van der Waals surface area contributed by atoms with Crippen molar-refractivity contribution in [1.29, 1.82) is 0 Å². The number of hydrogen-bond acceptors (Lipinski definition) is 7. The van der Waals surface area contributed by atoms with Crippen molar-refractivity contribution in [3.05, 3.63) is 79.1 Å². The maximum atomic E-state index is 12.7. The van der Waals surface area contributed by atoms with Crippen molar-refractivity contribution in [2.24, 2.45) is 0 Å². The summed E-state index contributed by atoms with van der Waals surface area (Å²) >= 11 is 6.01. The Labute approximate surface area is 186 Å². The number of hydrogen-bond donors (Lipinski definition) is 1. The normalized spacial score (nSPS) is 11.6. The molecule has 1 unspecified atom stereocenters. The lowest BCUT2D eigenvalue weighted by molar-refractivity contribution is -0.385. The van der Waals surface area contributed by atoms with Crippen LogP contribution in [-0.2, 0) is 4.79 Å². The molecule has 11 nitrogen and oxygen atoms in total. The summed E-state index contributed by atoms with van der Waals surface area (Å²) < 4.78 is 6.92. The quantitative estimate of drug-likeness (QED) is 0.388. The Kier molecular flexibility index (Phi) is 6.40. The second kappa shape index (κ2) is 9.02. The summed E-state index contributed by atoms with van der Waals surface area (Å²) in [5.74, 6) is -0.0211. The van der Waals surface area contributed by atoms with Crippen LogP contribution in [0, 0.1) is 34.1 Å². The van der Waals surface area contributed by atoms with Gasteiger partial charge in [-0.05, 0) is 44.5 Å². The molecule has 1 atom stereocenters. The van der Waals surface area contributed by atoms with Crippen molar-refractivity contribution in [1.82, 2.24) is 9.78 Å². The van der Waals surface area contributed by atoms with Gasteiger partial charge in [-0.15, -0.1) is 0 Å². The third-order valence-electron chi connectivity index (χ3n) is 4.70. The van der Waals surface area contributed by atoms with Crippen LogP contribution in [0.2, 0.25) is 5.02 Å². The highest BCUT2D eigenvalue weighted by Crippen LogP contribution is 2.32. The van der Waals surface area contributed by atoms with Gasteiger partial charge in [0.05, 0.1) is 21.6 Å². The van der Waals surface area contributed by atoms with E-state index in [4.69, 9.17) is 16.3 Å². The standard InChI is InChI=1S/C20H18ClN5O6/c1-11-6-16(4-5-18(11)21)32-17-8-14(7-15(9-17)25(28)29)23-20(27)13(3)24-12(2)19(10-22-24)26(30)31/h4-10,13H,1-3H3,(H,23,27). The molecule has 3 aromatic rings. The molecule has 0 bridgehead atoms. The fourth-order valence-electron chi connectivity index (χ4n) is 2.98. The van der Waals surface area contributed by atoms with E-state index < -0.39 is 21.8 Å². The van der Waals surface area contributed by atoms with E-state index in [1.807, 2.05) is 0 Å². The number of nitro benzene ring substituents is 1. The van der Waals surface area contributed by atoms with Crippen LogP contribution in [0.1, 0.15) is 24.2 Å². The van der Waals surface area contributed by atoms with Crippen LogP contribution in [0.3, 0.4) is 0 Å². The van der Waals surface area contributed by atoms with Crippen LogP contribution < -0.4 is 10.1 Å². The molecule has 2 aromatic carbocycles. The van der Waals surface area contributed by atoms with E-state index >= 15 is 0 Å². The minimum Gasteiger partial charge on any atom is -0.457 e. The predicted molar refractivity (Wildman–Crippen MR) is 116 cm³/mol. The van der Waals surface area contributed by atoms with E-state index in [2.05, 4.69) is 10.4 Å². The number of rotatable bonds is 7. The Morgan fingerprint density at radius 2 is 1.84 bits per heavy atom. The number of halogens is 1. The van der Waals surface area contributed by atoms with Gasteiger partial charge in [0, 0.05) is 17.2 Å². The lowest BCUT2D eigenvalue weighted by Gasteiger charge is -2.15. The molecular weight excluding hydrogens is 442 g/mol. The first-order valence-electron chi connectivity index (χ1n) is 9.29. The molecule has 0 fully saturated rings. The van der Waals surface area contributed by atoms with E-state index in [1.54, 1.807) is 25.1 Å². The number of aromatic nitrogens is 2. The molecule has 0 radical (unpaired) electrons. The average Bonchev–Trinajstić information content (AvgIpc) is 3.11. The molecule has 0 saturated heterocycles. The molecule has 1 amide bonds. The minimum atomic E-state index is -0.911. The number of carbonyl (C=O) groups excluding carboxylic acids is 1. The highest BCUT2D eigenvalue weighted by atomic mass is 35.5. The van der Waals surface area contributed by atoms with Gasteiger partial charge < -0.3 is 10.1 Å². The molecule has 3 rings (SSSR count). The molecule has 0 spiro atoms. The van der Waals surface area contributed by atoms with Gasteiger partial charge in [0.1, 0.15) is 29.4 Å². The lowest BCUT2D eigenvalue weighted by Crippen LogP contribution is -2.25. The summed E-state index contributed by atoms with van der Waals surface area (Å²) in [5, 5.41) is 29.4. The molecule has 32 heavy (non-hydrogen) atoms. The van der Waals surface area contributed by atoms with Crippen molar-refractivity contribution >= 4 is 34.6 Å². The zero-order valence-electron chi connectivity index (χ0n) is 17.2. The van der Waals surface area contributed by atoms with Crippen molar-refractivity contribution in [2.75, 3.05) is 5.32 Å². The van der Waals surface area contributed by atoms with Crippen molar-refractivity contribution in [2.45, 2.75) is 26.8 Å². The first-order valence-corrected chi connectivity index (χ1v) is 9.67. The summed E-state index contributed by atoms with van der Waals surface area (Å²) in [6.07, 6.45) is 1.06. The number of amides is 1. The van der Waals surface area contributed by atoms with E-state index in [0.29, 0.717) is 10.8 Å². The molecule has 0 aliphatic heterocycles. The van der Waals surface area contributed by atoms with E-state index in [0.717, 1.165) is 11.8 Å². The molecule has 1 heterocycles. The smallest absolute Gasteiger partial charge is 0.309 e. The average molecular weight is 460 g/mol. The second-order valence-corrected chi connectivity index (χ2v) is 7.38. The fourth-order valence-corrected chi connectivity index (χ4v) is 3.10. The third-order valence-corrected chi connectivity index (χ3v) is 5.12. The molecular formula is C20H18ClN5O6. The van der Waals surface area contributed by atoms with E-state index in [1.165, 1.54) is 36.7 Å². The van der Waals surface area contributed by atoms with Crippen molar-refractivity contribution in [3.8, 4) is 11.5 Å². The molecule has 1 N–H and O–H groups in total. The molecule has 0 saturated carbocycles. The van der Waals surface area contributed by atoms with Gasteiger partial charge in [0.15, 0.2) is 0 Å². The van der Waals surface area contributed by atoms with Crippen LogP contribution in [0.4, 0.5) is 17.1 Å². The monoisotopic (exact) mass is 459 g/mol. The summed E-state index contributed by atoms with van der Waals surface area (Å²) in [5.41, 5.74) is 0.589. The highest BCUT2D eigenvalue weighted by Gasteiger charge is 2.24. The minimum absolute atomic E-state index is 0.121. The first kappa shape index (κ1) is 22.7. The molecule has 0 aliphatic rings. The molecule has 0 aliphatic carbocycles. The van der Waals surface area contributed by atoms with Gasteiger partial charge in [0.2, 0.25) is 5.91 Å². The van der Waals surface area contributed by atoms with Crippen molar-refractivity contribution in [3.63, 3.8) is 0 Å². The third kappa shape index (κ3) is 4.83. The molecule has 166 valence electrons. The first-order chi connectivity index (χ1) is 15.1. The fraction of sp³-hybridized carbons (Fsp3) is 0.200. The van der Waals surface area contributed by atoms with Gasteiger partial charge in [-0.25, -0.2) is 0 Å². The number of ether oxygens (including phenoxy) is 1. The lowest BCUT2D eigenvalue weighted by atomic mass is 10.2. The Morgan fingerprint density at radius 3 is 2.44 bits per heavy atom. The summed E-state index contributed by atoms with van der Waals surface area (Å²) in [7, 11) is 0. The van der Waals surface area contributed by atoms with Gasteiger partial charge in [-0.2, -0.15) is 5.10 Å². The Bertz CT molecular complexity index is 1230. The summed E-state index contributed by atoms with van der Waals surface area (Å²) in [4.78, 5) is 33.9. The molecule has 1 aromatic heterocycles. The Balaban J connectivity index is 1.86. The number of anilines is 1. The molecule has 12 heteroatoms. The maximum absolute atomic E-state index is 12.7. The van der Waals surface area contributed by atoms with Crippen LogP contribution in [0.5, 0.6) is 11.5 Å². The number of non-ortho nitro benzene ring substituents is 1. The predicted octanol–water partition coefficient (Wildman–Crippen LogP) is 4.96. The van der Waals surface area contributed by atoms with Gasteiger partial charge in [-0.3, -0.25) is 29.7 Å². The number of benzene rings is 2. The van der Waals surface area contributed by atoms with Crippen LogP contribution in [0.15, 0.2) is 42.6 Å². The van der Waals surface area contributed by atoms with Gasteiger partial charge >= 0.3 is 5.69 Å². The second-order valence-electron chi connectivity index (χ2n) is 6.97. The van der Waals surface area contributed by atoms with Gasteiger partial charge in [0.25, 0.3) is 5.69 Å². The van der Waals surface area contributed by atoms with Crippen LogP contribution >= 0.6 is 11.6 Å². The maximum Gasteiger partial charge on any atom is 0.309 e. The number of nitrogens with zero attached hydrogens (tertiary/aromatic N) is 4. The van der Waals surface area contributed by atoms with E-state index in [-0.39, 0.29) is 28.5 Å². The van der Waals surface area contributed by atoms with Gasteiger partial charge in [-0.1, -0.05) is 11.6 Å². The van der Waals surface area contributed by atoms with Crippen LogP contribution in [-0.4, -0.2) is 25.5 Å². The Morgan fingerprint density at radius 1 is 1.12 bits per heavy atom. The van der Waals surface area contributed by atoms with Crippen molar-refractivity contribution < 1.29 is 19.4 Å². The number of nitrogens with one attached hydrogen (secondary N) is 1. The highest BCUT2D eigenvalue weighted by molar-refractivity contribution is 6.31. The number of nitro groups is 2. The zero-order valence-corrected chi connectivity index (χ0v) is 18.0. The largest absolute Gasteiger partial charge is 0.457 e. The number of aryl methyl sites for hydroxylation is 1. The topological polar surface area (TPSA) is 142 Å². The Hall–Kier alpha value is -3.99. The summed E-state index contributed by atoms with van der Waals surface area (Å²) in [6, 6.07) is 7.86. The SMILES string of the molecule is Cc1cc(Oc2cc(NC(=O)C(C)n3ncc([N+](=O)[O-])c3C)cc([N+](=O)[O-])c2)ccc1Cl. The zero-order chi connectivity index (χ0) is 23.6. The van der Waals surface area contributed by atoms with Crippen LogP contribution in [0.25, 0.3) is 0 Å². The number of carbonyl (C=O) groups is 1. The summed E-state index contributed by atoms with van der Waals surface area (Å²) in [6.45, 7) is 4.77.